The van der Waals surface area contributed by atoms with Crippen molar-refractivity contribution >= 4 is 21.8 Å². The number of hydrogen-bond acceptors (Lipinski definition) is 1. The van der Waals surface area contributed by atoms with Crippen LogP contribution in [0, 0.1) is 11.3 Å². The van der Waals surface area contributed by atoms with E-state index in [9.17, 15) is 4.79 Å². The van der Waals surface area contributed by atoms with Gasteiger partial charge in [-0.3, -0.25) is 4.79 Å². The molecule has 92 valence electrons. The SMILES string of the molecule is O=C(CC1CCCC1)NCC1(CCBr)CC1. The third-order valence-corrected chi connectivity index (χ3v) is 4.59. The average Bonchev–Trinajstić information content (AvgIpc) is 2.83. The van der Waals surface area contributed by atoms with Crippen LogP contribution in [0.15, 0.2) is 0 Å². The predicted molar refractivity (Wildman–Crippen MR) is 69.7 cm³/mol. The molecule has 0 aliphatic heterocycles. The smallest absolute Gasteiger partial charge is 0.220 e. The molecule has 0 radical (unpaired) electrons. The molecule has 16 heavy (non-hydrogen) atoms. The Balaban J connectivity index is 1.63. The van der Waals surface area contributed by atoms with Gasteiger partial charge in [0.2, 0.25) is 5.91 Å². The highest BCUT2D eigenvalue weighted by Crippen LogP contribution is 2.48. The Bertz CT molecular complexity index is 244. The van der Waals surface area contributed by atoms with Gasteiger partial charge in [-0.05, 0) is 43.4 Å². The van der Waals surface area contributed by atoms with Gasteiger partial charge in [0, 0.05) is 18.3 Å². The summed E-state index contributed by atoms with van der Waals surface area (Å²) in [4.78, 5) is 11.8. The van der Waals surface area contributed by atoms with Gasteiger partial charge >= 0.3 is 0 Å². The number of amides is 1. The Labute approximate surface area is 107 Å². The molecule has 0 saturated heterocycles. The second-order valence-electron chi connectivity index (χ2n) is 5.57. The first-order chi connectivity index (χ1) is 7.74. The Morgan fingerprint density at radius 2 is 2.00 bits per heavy atom. The minimum Gasteiger partial charge on any atom is -0.356 e. The van der Waals surface area contributed by atoms with Gasteiger partial charge in [-0.15, -0.1) is 0 Å². The van der Waals surface area contributed by atoms with Gasteiger partial charge in [0.15, 0.2) is 0 Å². The van der Waals surface area contributed by atoms with Crippen molar-refractivity contribution in [2.75, 3.05) is 11.9 Å². The molecule has 0 spiro atoms. The number of alkyl halides is 1. The number of carbonyl (C=O) groups excluding carboxylic acids is 1. The summed E-state index contributed by atoms with van der Waals surface area (Å²) < 4.78 is 0. The average molecular weight is 288 g/mol. The Kier molecular flexibility index (Phi) is 4.28. The van der Waals surface area contributed by atoms with E-state index in [-0.39, 0.29) is 5.91 Å². The third kappa shape index (κ3) is 3.47. The molecular weight excluding hydrogens is 266 g/mol. The van der Waals surface area contributed by atoms with Crippen LogP contribution in [0.5, 0.6) is 0 Å². The topological polar surface area (TPSA) is 29.1 Å². The Morgan fingerprint density at radius 1 is 1.31 bits per heavy atom. The molecule has 2 fully saturated rings. The van der Waals surface area contributed by atoms with E-state index in [0.29, 0.717) is 11.3 Å². The molecule has 0 bridgehead atoms. The van der Waals surface area contributed by atoms with Crippen molar-refractivity contribution in [1.29, 1.82) is 0 Å². The van der Waals surface area contributed by atoms with E-state index in [1.165, 1.54) is 44.9 Å². The minimum atomic E-state index is 0.285. The van der Waals surface area contributed by atoms with E-state index in [4.69, 9.17) is 0 Å². The van der Waals surface area contributed by atoms with Crippen molar-refractivity contribution in [3.8, 4) is 0 Å². The van der Waals surface area contributed by atoms with Crippen LogP contribution >= 0.6 is 15.9 Å². The fourth-order valence-corrected chi connectivity index (χ4v) is 3.57. The maximum Gasteiger partial charge on any atom is 0.220 e. The van der Waals surface area contributed by atoms with Crippen LogP contribution in [0.4, 0.5) is 0 Å². The minimum absolute atomic E-state index is 0.285. The molecule has 2 aliphatic rings. The highest BCUT2D eigenvalue weighted by molar-refractivity contribution is 9.09. The first-order valence-corrected chi connectivity index (χ1v) is 7.69. The van der Waals surface area contributed by atoms with Crippen LogP contribution in [0.2, 0.25) is 0 Å². The van der Waals surface area contributed by atoms with Crippen molar-refractivity contribution in [2.45, 2.75) is 51.4 Å². The third-order valence-electron chi connectivity index (χ3n) is 4.19. The summed E-state index contributed by atoms with van der Waals surface area (Å²) in [7, 11) is 0. The summed E-state index contributed by atoms with van der Waals surface area (Å²) in [5, 5.41) is 4.20. The van der Waals surface area contributed by atoms with E-state index < -0.39 is 0 Å². The summed E-state index contributed by atoms with van der Waals surface area (Å²) >= 11 is 3.49. The molecule has 3 heteroatoms. The highest BCUT2D eigenvalue weighted by Gasteiger charge is 2.41. The quantitative estimate of drug-likeness (QED) is 0.747. The second-order valence-corrected chi connectivity index (χ2v) is 6.36. The number of carbonyl (C=O) groups is 1. The van der Waals surface area contributed by atoms with Crippen LogP contribution in [-0.4, -0.2) is 17.8 Å². The molecule has 1 amide bonds. The number of halogens is 1. The van der Waals surface area contributed by atoms with Crippen molar-refractivity contribution in [3.63, 3.8) is 0 Å². The summed E-state index contributed by atoms with van der Waals surface area (Å²) in [6, 6.07) is 0. The molecule has 2 nitrogen and oxygen atoms in total. The molecule has 2 saturated carbocycles. The maximum atomic E-state index is 11.8. The summed E-state index contributed by atoms with van der Waals surface area (Å²) in [6.45, 7) is 0.907. The van der Waals surface area contributed by atoms with Gasteiger partial charge in [0.1, 0.15) is 0 Å². The molecule has 0 heterocycles. The summed E-state index contributed by atoms with van der Waals surface area (Å²) in [5.74, 6) is 0.957. The molecule has 2 aliphatic carbocycles. The van der Waals surface area contributed by atoms with E-state index in [1.54, 1.807) is 0 Å². The molecule has 0 aromatic rings. The lowest BCUT2D eigenvalue weighted by Gasteiger charge is -2.15. The molecule has 2 rings (SSSR count). The zero-order valence-corrected chi connectivity index (χ0v) is 11.5. The van der Waals surface area contributed by atoms with E-state index >= 15 is 0 Å². The fourth-order valence-electron chi connectivity index (χ4n) is 2.73. The zero-order chi connectivity index (χ0) is 11.4. The lowest BCUT2D eigenvalue weighted by molar-refractivity contribution is -0.122. The molecule has 1 N–H and O–H groups in total. The largest absolute Gasteiger partial charge is 0.356 e. The number of rotatable bonds is 6. The van der Waals surface area contributed by atoms with Crippen LogP contribution in [0.1, 0.15) is 51.4 Å². The van der Waals surface area contributed by atoms with Gasteiger partial charge in [0.05, 0.1) is 0 Å². The van der Waals surface area contributed by atoms with Crippen molar-refractivity contribution in [1.82, 2.24) is 5.32 Å². The zero-order valence-electron chi connectivity index (χ0n) is 9.93. The fraction of sp³-hybridized carbons (Fsp3) is 0.923. The van der Waals surface area contributed by atoms with E-state index in [2.05, 4.69) is 21.2 Å². The molecule has 0 atom stereocenters. The number of nitrogens with one attached hydrogen (secondary N) is 1. The maximum absolute atomic E-state index is 11.8. The highest BCUT2D eigenvalue weighted by atomic mass is 79.9. The van der Waals surface area contributed by atoms with Crippen LogP contribution in [-0.2, 0) is 4.79 Å². The summed E-state index contributed by atoms with van der Waals surface area (Å²) in [6.07, 6.45) is 9.74. The monoisotopic (exact) mass is 287 g/mol. The van der Waals surface area contributed by atoms with E-state index in [0.717, 1.165) is 18.3 Å². The van der Waals surface area contributed by atoms with Crippen molar-refractivity contribution in [3.05, 3.63) is 0 Å². The van der Waals surface area contributed by atoms with E-state index in [1.807, 2.05) is 0 Å². The lowest BCUT2D eigenvalue weighted by Crippen LogP contribution is -2.31. The molecule has 0 unspecified atom stereocenters. The van der Waals surface area contributed by atoms with Crippen molar-refractivity contribution < 1.29 is 4.79 Å². The lowest BCUT2D eigenvalue weighted by atomic mass is 10.0. The standard InChI is InChI=1S/C13H22BrNO/c14-8-7-13(5-6-13)10-15-12(16)9-11-3-1-2-4-11/h11H,1-10H2,(H,15,16). The molecule has 0 aromatic carbocycles. The van der Waals surface area contributed by atoms with Crippen LogP contribution in [0.25, 0.3) is 0 Å². The normalized spacial score (nSPS) is 23.3. The van der Waals surface area contributed by atoms with Gasteiger partial charge in [0.25, 0.3) is 0 Å². The summed E-state index contributed by atoms with van der Waals surface area (Å²) in [5.41, 5.74) is 0.453. The van der Waals surface area contributed by atoms with Gasteiger partial charge < -0.3 is 5.32 Å². The Morgan fingerprint density at radius 3 is 2.56 bits per heavy atom. The number of hydrogen-bond donors (Lipinski definition) is 1. The second kappa shape index (κ2) is 5.52. The molecular formula is C13H22BrNO. The Hall–Kier alpha value is -0.0500. The first kappa shape index (κ1) is 12.4. The predicted octanol–water partition coefficient (Wildman–Crippen LogP) is 3.25. The van der Waals surface area contributed by atoms with Gasteiger partial charge in [-0.1, -0.05) is 28.8 Å². The van der Waals surface area contributed by atoms with Crippen LogP contribution < -0.4 is 5.32 Å². The molecule has 0 aromatic heterocycles. The van der Waals surface area contributed by atoms with Crippen LogP contribution in [0.3, 0.4) is 0 Å². The van der Waals surface area contributed by atoms with Gasteiger partial charge in [-0.25, -0.2) is 0 Å². The van der Waals surface area contributed by atoms with Crippen molar-refractivity contribution in [2.24, 2.45) is 11.3 Å². The van der Waals surface area contributed by atoms with Gasteiger partial charge in [-0.2, -0.15) is 0 Å². The first-order valence-electron chi connectivity index (χ1n) is 6.57.